The number of ether oxygens (including phenoxy) is 1. The third-order valence-electron chi connectivity index (χ3n) is 4.22. The first-order valence-electron chi connectivity index (χ1n) is 6.93. The van der Waals surface area contributed by atoms with E-state index in [2.05, 4.69) is 16.8 Å². The normalized spacial score (nSPS) is 30.5. The SMILES string of the molecule is CN(CCN1CCCC1)CC1(CN)CCOC1. The number of likely N-dealkylation sites (tertiary alicyclic amines) is 1. The van der Waals surface area contributed by atoms with E-state index in [0.29, 0.717) is 0 Å². The predicted molar refractivity (Wildman–Crippen MR) is 70.1 cm³/mol. The monoisotopic (exact) mass is 241 g/mol. The Hall–Kier alpha value is -0.160. The summed E-state index contributed by atoms with van der Waals surface area (Å²) in [7, 11) is 2.21. The highest BCUT2D eigenvalue weighted by molar-refractivity contribution is 4.87. The Balaban J connectivity index is 1.70. The third kappa shape index (κ3) is 3.65. The van der Waals surface area contributed by atoms with Gasteiger partial charge < -0.3 is 20.3 Å². The van der Waals surface area contributed by atoms with Gasteiger partial charge in [0, 0.05) is 38.2 Å². The lowest BCUT2D eigenvalue weighted by Gasteiger charge is -2.31. The molecule has 2 rings (SSSR count). The fraction of sp³-hybridized carbons (Fsp3) is 1.00. The molecule has 2 aliphatic rings. The first kappa shape index (κ1) is 13.3. The summed E-state index contributed by atoms with van der Waals surface area (Å²) in [6.45, 7) is 8.50. The number of likely N-dealkylation sites (N-methyl/N-ethyl adjacent to an activating group) is 1. The molecule has 0 radical (unpaired) electrons. The maximum absolute atomic E-state index is 5.92. The van der Waals surface area contributed by atoms with E-state index in [-0.39, 0.29) is 5.41 Å². The molecule has 2 heterocycles. The summed E-state index contributed by atoms with van der Waals surface area (Å²) < 4.78 is 5.51. The van der Waals surface area contributed by atoms with Gasteiger partial charge in [0.1, 0.15) is 0 Å². The van der Waals surface area contributed by atoms with E-state index in [4.69, 9.17) is 10.5 Å². The Kier molecular flexibility index (Phi) is 4.79. The molecule has 0 aliphatic carbocycles. The molecule has 0 saturated carbocycles. The van der Waals surface area contributed by atoms with Gasteiger partial charge in [-0.05, 0) is 39.4 Å². The lowest BCUT2D eigenvalue weighted by atomic mass is 9.87. The maximum atomic E-state index is 5.92. The van der Waals surface area contributed by atoms with E-state index < -0.39 is 0 Å². The van der Waals surface area contributed by atoms with Crippen LogP contribution in [0.2, 0.25) is 0 Å². The number of rotatable bonds is 6. The van der Waals surface area contributed by atoms with E-state index in [0.717, 1.165) is 39.3 Å². The number of hydrogen-bond acceptors (Lipinski definition) is 4. The highest BCUT2D eigenvalue weighted by Crippen LogP contribution is 2.28. The van der Waals surface area contributed by atoms with Gasteiger partial charge >= 0.3 is 0 Å². The lowest BCUT2D eigenvalue weighted by molar-refractivity contribution is 0.121. The van der Waals surface area contributed by atoms with Gasteiger partial charge in [0.2, 0.25) is 0 Å². The van der Waals surface area contributed by atoms with Crippen molar-refractivity contribution in [2.45, 2.75) is 19.3 Å². The Bertz CT molecular complexity index is 223. The Labute approximate surface area is 105 Å². The van der Waals surface area contributed by atoms with Crippen LogP contribution in [0.5, 0.6) is 0 Å². The van der Waals surface area contributed by atoms with Crippen molar-refractivity contribution in [1.82, 2.24) is 9.80 Å². The average molecular weight is 241 g/mol. The van der Waals surface area contributed by atoms with E-state index in [9.17, 15) is 0 Å². The standard InChI is InChI=1S/C13H27N3O/c1-15(7-8-16-5-2-3-6-16)11-13(10-14)4-9-17-12-13/h2-12,14H2,1H3. The van der Waals surface area contributed by atoms with Crippen molar-refractivity contribution in [2.24, 2.45) is 11.1 Å². The van der Waals surface area contributed by atoms with Crippen LogP contribution in [0.1, 0.15) is 19.3 Å². The second-order valence-electron chi connectivity index (χ2n) is 5.79. The van der Waals surface area contributed by atoms with Gasteiger partial charge in [-0.15, -0.1) is 0 Å². The van der Waals surface area contributed by atoms with Crippen LogP contribution in [0.4, 0.5) is 0 Å². The van der Waals surface area contributed by atoms with E-state index >= 15 is 0 Å². The van der Waals surface area contributed by atoms with Crippen LogP contribution in [-0.2, 0) is 4.74 Å². The Morgan fingerprint density at radius 2 is 2.12 bits per heavy atom. The van der Waals surface area contributed by atoms with Crippen LogP contribution in [-0.4, -0.2) is 69.3 Å². The zero-order valence-electron chi connectivity index (χ0n) is 11.2. The third-order valence-corrected chi connectivity index (χ3v) is 4.22. The number of nitrogens with zero attached hydrogens (tertiary/aromatic N) is 2. The summed E-state index contributed by atoms with van der Waals surface area (Å²) in [6.07, 6.45) is 3.88. The van der Waals surface area contributed by atoms with Crippen molar-refractivity contribution in [2.75, 3.05) is 59.5 Å². The maximum Gasteiger partial charge on any atom is 0.0547 e. The largest absolute Gasteiger partial charge is 0.381 e. The summed E-state index contributed by atoms with van der Waals surface area (Å²) in [5.74, 6) is 0. The molecule has 1 unspecified atom stereocenters. The molecule has 0 spiro atoms. The van der Waals surface area contributed by atoms with E-state index in [1.807, 2.05) is 0 Å². The topological polar surface area (TPSA) is 41.7 Å². The van der Waals surface area contributed by atoms with Crippen LogP contribution in [0.3, 0.4) is 0 Å². The van der Waals surface area contributed by atoms with Gasteiger partial charge in [-0.2, -0.15) is 0 Å². The van der Waals surface area contributed by atoms with Gasteiger partial charge in [-0.3, -0.25) is 0 Å². The van der Waals surface area contributed by atoms with Gasteiger partial charge in [0.15, 0.2) is 0 Å². The molecule has 2 aliphatic heterocycles. The van der Waals surface area contributed by atoms with Crippen molar-refractivity contribution < 1.29 is 4.74 Å². The molecule has 0 aromatic carbocycles. The lowest BCUT2D eigenvalue weighted by Crippen LogP contribution is -2.43. The second kappa shape index (κ2) is 6.14. The van der Waals surface area contributed by atoms with Crippen molar-refractivity contribution in [3.8, 4) is 0 Å². The van der Waals surface area contributed by atoms with Crippen LogP contribution >= 0.6 is 0 Å². The molecular weight excluding hydrogens is 214 g/mol. The van der Waals surface area contributed by atoms with Crippen LogP contribution in [0.15, 0.2) is 0 Å². The predicted octanol–water partition coefficient (Wildman–Crippen LogP) is 0.379. The number of hydrogen-bond donors (Lipinski definition) is 1. The van der Waals surface area contributed by atoms with Crippen molar-refractivity contribution in [3.05, 3.63) is 0 Å². The minimum atomic E-state index is 0.222. The average Bonchev–Trinajstić information content (AvgIpc) is 2.98. The van der Waals surface area contributed by atoms with Gasteiger partial charge in [-0.25, -0.2) is 0 Å². The molecule has 4 nitrogen and oxygen atoms in total. The van der Waals surface area contributed by atoms with Gasteiger partial charge in [0.25, 0.3) is 0 Å². The fourth-order valence-electron chi connectivity index (χ4n) is 2.97. The molecule has 100 valence electrons. The molecule has 2 fully saturated rings. The fourth-order valence-corrected chi connectivity index (χ4v) is 2.97. The highest BCUT2D eigenvalue weighted by Gasteiger charge is 2.34. The smallest absolute Gasteiger partial charge is 0.0547 e. The quantitative estimate of drug-likeness (QED) is 0.730. The van der Waals surface area contributed by atoms with Gasteiger partial charge in [-0.1, -0.05) is 0 Å². The summed E-state index contributed by atoms with van der Waals surface area (Å²) in [6, 6.07) is 0. The number of nitrogens with two attached hydrogens (primary N) is 1. The first-order chi connectivity index (χ1) is 8.24. The van der Waals surface area contributed by atoms with E-state index in [1.54, 1.807) is 0 Å². The molecule has 2 saturated heterocycles. The van der Waals surface area contributed by atoms with Crippen LogP contribution in [0.25, 0.3) is 0 Å². The molecule has 17 heavy (non-hydrogen) atoms. The molecule has 0 amide bonds. The second-order valence-corrected chi connectivity index (χ2v) is 5.79. The summed E-state index contributed by atoms with van der Waals surface area (Å²) in [5, 5.41) is 0. The molecule has 4 heteroatoms. The molecule has 0 aromatic rings. The Morgan fingerprint density at radius 1 is 1.35 bits per heavy atom. The van der Waals surface area contributed by atoms with Crippen LogP contribution in [0, 0.1) is 5.41 Å². The zero-order valence-corrected chi connectivity index (χ0v) is 11.2. The molecule has 1 atom stereocenters. The zero-order chi connectivity index (χ0) is 12.1. The highest BCUT2D eigenvalue weighted by atomic mass is 16.5. The summed E-state index contributed by atoms with van der Waals surface area (Å²) in [5.41, 5.74) is 6.14. The Morgan fingerprint density at radius 3 is 2.71 bits per heavy atom. The molecule has 0 bridgehead atoms. The van der Waals surface area contributed by atoms with Crippen molar-refractivity contribution in [1.29, 1.82) is 0 Å². The van der Waals surface area contributed by atoms with Crippen LogP contribution < -0.4 is 5.73 Å². The summed E-state index contributed by atoms with van der Waals surface area (Å²) in [4.78, 5) is 5.00. The first-order valence-corrected chi connectivity index (χ1v) is 6.93. The minimum Gasteiger partial charge on any atom is -0.381 e. The summed E-state index contributed by atoms with van der Waals surface area (Å²) >= 11 is 0. The van der Waals surface area contributed by atoms with Crippen molar-refractivity contribution >= 4 is 0 Å². The molecule has 2 N–H and O–H groups in total. The van der Waals surface area contributed by atoms with Crippen molar-refractivity contribution in [3.63, 3.8) is 0 Å². The minimum absolute atomic E-state index is 0.222. The van der Waals surface area contributed by atoms with E-state index in [1.165, 1.54) is 32.5 Å². The van der Waals surface area contributed by atoms with Gasteiger partial charge in [0.05, 0.1) is 6.61 Å². The molecular formula is C13H27N3O. The molecule has 0 aromatic heterocycles.